The third kappa shape index (κ3) is 2.84. The number of nitrogens with one attached hydrogen (secondary N) is 2. The molecule has 2 N–H and O–H groups in total. The van der Waals surface area contributed by atoms with Crippen LogP contribution in [0.1, 0.15) is 6.92 Å². The van der Waals surface area contributed by atoms with Crippen LogP contribution in [0.15, 0.2) is 36.5 Å². The number of carbonyl (C=O) groups is 1. The lowest BCUT2D eigenvalue weighted by Gasteiger charge is -1.96. The summed E-state index contributed by atoms with van der Waals surface area (Å²) in [5, 5.41) is 2.64. The number of rotatable bonds is 2. The Hall–Kier alpha value is -1.81. The van der Waals surface area contributed by atoms with Gasteiger partial charge >= 0.3 is 0 Å². The molecule has 0 aliphatic carbocycles. The first-order valence-electron chi connectivity index (χ1n) is 4.64. The fourth-order valence-electron chi connectivity index (χ4n) is 1.32. The van der Waals surface area contributed by atoms with E-state index >= 15 is 0 Å². The Morgan fingerprint density at radius 2 is 2.00 bits per heavy atom. The number of anilines is 1. The first kappa shape index (κ1) is 12.3. The van der Waals surface area contributed by atoms with Gasteiger partial charge in [0.15, 0.2) is 0 Å². The first-order chi connectivity index (χ1) is 7.25. The molecule has 0 aliphatic rings. The maximum atomic E-state index is 10.8. The monoisotopic (exact) mass is 237 g/mol. The molecular formula is C11H12ClN3O. The number of carbonyl (C=O) groups excluding carboxylic acids is 1. The number of aromatic nitrogens is 2. The molecule has 0 saturated carbocycles. The molecule has 2 aromatic rings. The van der Waals surface area contributed by atoms with Crippen molar-refractivity contribution in [2.75, 3.05) is 5.32 Å². The highest BCUT2D eigenvalue weighted by Crippen LogP contribution is 2.16. The van der Waals surface area contributed by atoms with Gasteiger partial charge in [0.05, 0.1) is 6.20 Å². The summed E-state index contributed by atoms with van der Waals surface area (Å²) in [5.74, 6) is 1.25. The molecule has 1 aromatic carbocycles. The Bertz CT molecular complexity index is 467. The lowest BCUT2D eigenvalue weighted by atomic mass is 10.2. The van der Waals surface area contributed by atoms with Crippen molar-refractivity contribution < 1.29 is 4.79 Å². The van der Waals surface area contributed by atoms with Crippen LogP contribution in [-0.4, -0.2) is 15.9 Å². The number of imidazole rings is 1. The molecule has 1 heterocycles. The molecule has 1 amide bonds. The standard InChI is InChI=1S/C11H11N3O.ClH/c1-8(15)13-10-7-12-11(14-10)9-5-3-2-4-6-9;/h2-7H,1H3,(H,12,14)(H,13,15);1H. The largest absolute Gasteiger partial charge is 0.325 e. The molecule has 0 atom stereocenters. The van der Waals surface area contributed by atoms with Crippen molar-refractivity contribution in [3.8, 4) is 11.4 Å². The number of hydrogen-bond donors (Lipinski definition) is 2. The van der Waals surface area contributed by atoms with Gasteiger partial charge in [-0.2, -0.15) is 0 Å². The van der Waals surface area contributed by atoms with Crippen LogP contribution in [-0.2, 0) is 4.79 Å². The van der Waals surface area contributed by atoms with E-state index in [9.17, 15) is 4.79 Å². The number of amides is 1. The normalized spacial score (nSPS) is 9.31. The maximum Gasteiger partial charge on any atom is 0.222 e. The molecular weight excluding hydrogens is 226 g/mol. The van der Waals surface area contributed by atoms with Crippen molar-refractivity contribution in [2.45, 2.75) is 6.92 Å². The van der Waals surface area contributed by atoms with Gasteiger partial charge in [-0.15, -0.1) is 12.4 Å². The molecule has 0 saturated heterocycles. The van der Waals surface area contributed by atoms with Crippen molar-refractivity contribution in [1.82, 2.24) is 9.97 Å². The van der Waals surface area contributed by atoms with Crippen LogP contribution < -0.4 is 5.32 Å². The van der Waals surface area contributed by atoms with Crippen molar-refractivity contribution in [2.24, 2.45) is 0 Å². The number of nitrogens with zero attached hydrogens (tertiary/aromatic N) is 1. The third-order valence-electron chi connectivity index (χ3n) is 1.93. The van der Waals surface area contributed by atoms with E-state index in [4.69, 9.17) is 0 Å². The average Bonchev–Trinajstić information content (AvgIpc) is 2.67. The van der Waals surface area contributed by atoms with E-state index in [1.165, 1.54) is 6.92 Å². The predicted molar refractivity (Wildman–Crippen MR) is 65.6 cm³/mol. The van der Waals surface area contributed by atoms with Crippen LogP contribution in [0.2, 0.25) is 0 Å². The van der Waals surface area contributed by atoms with Crippen LogP contribution in [0.3, 0.4) is 0 Å². The van der Waals surface area contributed by atoms with E-state index in [-0.39, 0.29) is 18.3 Å². The van der Waals surface area contributed by atoms with Crippen LogP contribution in [0, 0.1) is 0 Å². The zero-order chi connectivity index (χ0) is 10.7. The summed E-state index contributed by atoms with van der Waals surface area (Å²) in [6.45, 7) is 1.46. The molecule has 4 nitrogen and oxygen atoms in total. The summed E-state index contributed by atoms with van der Waals surface area (Å²) in [7, 11) is 0. The second-order valence-corrected chi connectivity index (χ2v) is 3.19. The molecule has 0 aliphatic heterocycles. The summed E-state index contributed by atoms with van der Waals surface area (Å²) in [5.41, 5.74) is 0.995. The van der Waals surface area contributed by atoms with E-state index in [2.05, 4.69) is 15.3 Å². The molecule has 0 radical (unpaired) electrons. The van der Waals surface area contributed by atoms with E-state index in [1.54, 1.807) is 6.20 Å². The zero-order valence-electron chi connectivity index (χ0n) is 8.73. The van der Waals surface area contributed by atoms with Crippen LogP contribution in [0.25, 0.3) is 11.4 Å². The Labute approximate surface area is 99.5 Å². The van der Waals surface area contributed by atoms with Crippen molar-refractivity contribution in [3.05, 3.63) is 36.5 Å². The van der Waals surface area contributed by atoms with Gasteiger partial charge in [0, 0.05) is 12.5 Å². The Morgan fingerprint density at radius 1 is 1.31 bits per heavy atom. The second kappa shape index (κ2) is 5.32. The number of hydrogen-bond acceptors (Lipinski definition) is 2. The number of halogens is 1. The zero-order valence-corrected chi connectivity index (χ0v) is 9.54. The van der Waals surface area contributed by atoms with Gasteiger partial charge in [0.25, 0.3) is 0 Å². The minimum atomic E-state index is -0.113. The molecule has 0 unspecified atom stereocenters. The van der Waals surface area contributed by atoms with Crippen molar-refractivity contribution >= 4 is 24.1 Å². The molecule has 1 aromatic heterocycles. The molecule has 0 spiro atoms. The summed E-state index contributed by atoms with van der Waals surface area (Å²) in [4.78, 5) is 18.0. The second-order valence-electron chi connectivity index (χ2n) is 3.19. The fourth-order valence-corrected chi connectivity index (χ4v) is 1.32. The predicted octanol–water partition coefficient (Wildman–Crippen LogP) is 2.46. The Morgan fingerprint density at radius 3 is 2.62 bits per heavy atom. The lowest BCUT2D eigenvalue weighted by molar-refractivity contribution is -0.114. The SMILES string of the molecule is CC(=O)Nc1cnc(-c2ccccc2)[nH]1.Cl. The highest BCUT2D eigenvalue weighted by atomic mass is 35.5. The van der Waals surface area contributed by atoms with Crippen molar-refractivity contribution in [1.29, 1.82) is 0 Å². The number of aromatic amines is 1. The van der Waals surface area contributed by atoms with Gasteiger partial charge in [0.1, 0.15) is 11.6 Å². The fraction of sp³-hybridized carbons (Fsp3) is 0.0909. The van der Waals surface area contributed by atoms with Gasteiger partial charge in [-0.25, -0.2) is 4.98 Å². The molecule has 84 valence electrons. The maximum absolute atomic E-state index is 10.8. The smallest absolute Gasteiger partial charge is 0.222 e. The van der Waals surface area contributed by atoms with Gasteiger partial charge in [-0.3, -0.25) is 4.79 Å². The number of benzene rings is 1. The van der Waals surface area contributed by atoms with E-state index in [0.29, 0.717) is 5.82 Å². The summed E-state index contributed by atoms with van der Waals surface area (Å²) >= 11 is 0. The van der Waals surface area contributed by atoms with Gasteiger partial charge in [0.2, 0.25) is 5.91 Å². The van der Waals surface area contributed by atoms with Crippen LogP contribution >= 0.6 is 12.4 Å². The third-order valence-corrected chi connectivity index (χ3v) is 1.93. The van der Waals surface area contributed by atoms with Crippen molar-refractivity contribution in [3.63, 3.8) is 0 Å². The van der Waals surface area contributed by atoms with Gasteiger partial charge in [-0.05, 0) is 0 Å². The van der Waals surface area contributed by atoms with E-state index < -0.39 is 0 Å². The first-order valence-corrected chi connectivity index (χ1v) is 4.64. The van der Waals surface area contributed by atoms with E-state index in [1.807, 2.05) is 30.3 Å². The summed E-state index contributed by atoms with van der Waals surface area (Å²) in [6, 6.07) is 9.74. The Kier molecular flexibility index (Phi) is 4.08. The molecule has 0 fully saturated rings. The van der Waals surface area contributed by atoms with Gasteiger partial charge in [-0.1, -0.05) is 30.3 Å². The minimum absolute atomic E-state index is 0. The van der Waals surface area contributed by atoms with Gasteiger partial charge < -0.3 is 10.3 Å². The molecule has 16 heavy (non-hydrogen) atoms. The topological polar surface area (TPSA) is 57.8 Å². The summed E-state index contributed by atoms with van der Waals surface area (Å²) < 4.78 is 0. The highest BCUT2D eigenvalue weighted by Gasteiger charge is 2.02. The minimum Gasteiger partial charge on any atom is -0.325 e. The lowest BCUT2D eigenvalue weighted by Crippen LogP contribution is -2.05. The Balaban J connectivity index is 0.00000128. The highest BCUT2D eigenvalue weighted by molar-refractivity contribution is 5.87. The summed E-state index contributed by atoms with van der Waals surface area (Å²) in [6.07, 6.45) is 1.60. The molecule has 2 rings (SSSR count). The molecule has 0 bridgehead atoms. The molecule has 5 heteroatoms. The quantitative estimate of drug-likeness (QED) is 0.843. The van der Waals surface area contributed by atoms with Crippen LogP contribution in [0.5, 0.6) is 0 Å². The number of H-pyrrole nitrogens is 1. The van der Waals surface area contributed by atoms with E-state index in [0.717, 1.165) is 11.4 Å². The van der Waals surface area contributed by atoms with Crippen LogP contribution in [0.4, 0.5) is 5.82 Å². The average molecular weight is 238 g/mol.